The van der Waals surface area contributed by atoms with E-state index in [9.17, 15) is 22.8 Å². The fourth-order valence-corrected chi connectivity index (χ4v) is 5.30. The Kier molecular flexibility index (Phi) is 8.61. The lowest BCUT2D eigenvalue weighted by molar-refractivity contribution is -0.135. The molecule has 2 aliphatic heterocycles. The van der Waals surface area contributed by atoms with Crippen LogP contribution in [0.2, 0.25) is 0 Å². The topological polar surface area (TPSA) is 98.3 Å². The number of rotatable bonds is 7. The standard InChI is InChI=1S/C23H34N4O5S/c1-19(28)20-7-9-21(10-8-20)33(31,32)24(2)17-22(29)27-15-13-25(14-16-27)18-23(30)26-11-5-3-4-6-12-26/h7-10H,3-6,11-18H2,1-2H3. The number of benzene rings is 1. The first kappa shape index (κ1) is 25.3. The molecule has 0 unspecified atom stereocenters. The van der Waals surface area contributed by atoms with Crippen LogP contribution in [0.15, 0.2) is 29.2 Å². The molecule has 33 heavy (non-hydrogen) atoms. The Morgan fingerprint density at radius 1 is 0.818 bits per heavy atom. The van der Waals surface area contributed by atoms with Gasteiger partial charge in [-0.15, -0.1) is 0 Å². The Morgan fingerprint density at radius 3 is 1.91 bits per heavy atom. The van der Waals surface area contributed by atoms with E-state index in [0.29, 0.717) is 38.3 Å². The number of amides is 2. The Bertz CT molecular complexity index is 948. The average molecular weight is 479 g/mol. The van der Waals surface area contributed by atoms with Gasteiger partial charge >= 0.3 is 0 Å². The molecule has 0 atom stereocenters. The number of likely N-dealkylation sites (N-methyl/N-ethyl adjacent to an activating group) is 1. The van der Waals surface area contributed by atoms with E-state index in [1.54, 1.807) is 4.90 Å². The van der Waals surface area contributed by atoms with Crippen LogP contribution >= 0.6 is 0 Å². The van der Waals surface area contributed by atoms with Crippen molar-refractivity contribution in [2.45, 2.75) is 37.5 Å². The molecule has 2 fully saturated rings. The molecule has 0 radical (unpaired) electrons. The zero-order chi connectivity index (χ0) is 24.0. The number of sulfonamides is 1. The highest BCUT2D eigenvalue weighted by Crippen LogP contribution is 2.16. The van der Waals surface area contributed by atoms with E-state index in [-0.39, 0.29) is 29.0 Å². The van der Waals surface area contributed by atoms with Crippen molar-refractivity contribution in [1.29, 1.82) is 0 Å². The largest absolute Gasteiger partial charge is 0.342 e. The molecule has 0 spiro atoms. The molecule has 0 aromatic heterocycles. The smallest absolute Gasteiger partial charge is 0.243 e. The quantitative estimate of drug-likeness (QED) is 0.544. The molecule has 10 heteroatoms. The summed E-state index contributed by atoms with van der Waals surface area (Å²) in [6.07, 6.45) is 4.48. The third-order valence-corrected chi connectivity index (χ3v) is 8.19. The predicted octanol–water partition coefficient (Wildman–Crippen LogP) is 1.06. The van der Waals surface area contributed by atoms with Gasteiger partial charge in [0.1, 0.15) is 0 Å². The van der Waals surface area contributed by atoms with Gasteiger partial charge in [0.05, 0.1) is 18.0 Å². The fraction of sp³-hybridized carbons (Fsp3) is 0.609. The van der Waals surface area contributed by atoms with E-state index >= 15 is 0 Å². The van der Waals surface area contributed by atoms with Crippen molar-refractivity contribution in [2.24, 2.45) is 0 Å². The molecule has 2 saturated heterocycles. The van der Waals surface area contributed by atoms with Crippen molar-refractivity contribution in [3.8, 4) is 0 Å². The van der Waals surface area contributed by atoms with Gasteiger partial charge in [0.25, 0.3) is 0 Å². The third kappa shape index (κ3) is 6.61. The number of Topliss-reactive ketones (excluding diaryl/α,β-unsaturated/α-hetero) is 1. The molecule has 0 aliphatic carbocycles. The minimum atomic E-state index is -3.84. The molecule has 0 N–H and O–H groups in total. The van der Waals surface area contributed by atoms with Gasteiger partial charge < -0.3 is 9.80 Å². The highest BCUT2D eigenvalue weighted by molar-refractivity contribution is 7.89. The molecular weight excluding hydrogens is 444 g/mol. The Hall–Kier alpha value is -2.30. The van der Waals surface area contributed by atoms with Crippen LogP contribution in [0.25, 0.3) is 0 Å². The SMILES string of the molecule is CC(=O)c1ccc(S(=O)(=O)N(C)CC(=O)N2CCN(CC(=O)N3CCCCCC3)CC2)cc1. The summed E-state index contributed by atoms with van der Waals surface area (Å²) in [6.45, 7) is 5.29. The van der Waals surface area contributed by atoms with Crippen LogP contribution in [-0.4, -0.2) is 104 Å². The molecule has 0 saturated carbocycles. The van der Waals surface area contributed by atoms with Gasteiger partial charge in [-0.3, -0.25) is 19.3 Å². The maximum Gasteiger partial charge on any atom is 0.243 e. The van der Waals surface area contributed by atoms with Gasteiger partial charge in [-0.25, -0.2) is 8.42 Å². The van der Waals surface area contributed by atoms with Gasteiger partial charge in [-0.2, -0.15) is 4.31 Å². The second kappa shape index (κ2) is 11.2. The molecular formula is C23H34N4O5S. The lowest BCUT2D eigenvalue weighted by Crippen LogP contribution is -2.53. The Balaban J connectivity index is 1.48. The van der Waals surface area contributed by atoms with Crippen molar-refractivity contribution in [3.63, 3.8) is 0 Å². The number of ketones is 1. The van der Waals surface area contributed by atoms with E-state index in [4.69, 9.17) is 0 Å². The minimum absolute atomic E-state index is 0.0413. The van der Waals surface area contributed by atoms with E-state index in [0.717, 1.165) is 30.2 Å². The Labute approximate surface area is 196 Å². The number of carbonyl (C=O) groups excluding carboxylic acids is 3. The summed E-state index contributed by atoms with van der Waals surface area (Å²) in [7, 11) is -2.47. The maximum absolute atomic E-state index is 12.8. The molecule has 3 rings (SSSR count). The van der Waals surface area contributed by atoms with Crippen LogP contribution < -0.4 is 0 Å². The second-order valence-electron chi connectivity index (χ2n) is 8.79. The average Bonchev–Trinajstić information content (AvgIpc) is 3.09. The Morgan fingerprint density at radius 2 is 1.36 bits per heavy atom. The van der Waals surface area contributed by atoms with E-state index in [2.05, 4.69) is 4.90 Å². The molecule has 2 aliphatic rings. The summed E-state index contributed by atoms with van der Waals surface area (Å²) in [6, 6.07) is 5.70. The number of nitrogens with zero attached hydrogens (tertiary/aromatic N) is 4. The summed E-state index contributed by atoms with van der Waals surface area (Å²) in [5.41, 5.74) is 0.430. The van der Waals surface area contributed by atoms with Crippen LogP contribution in [0.1, 0.15) is 43.0 Å². The summed E-state index contributed by atoms with van der Waals surface area (Å²) in [5.74, 6) is -0.257. The molecule has 1 aromatic carbocycles. The first-order valence-corrected chi connectivity index (χ1v) is 13.0. The molecule has 1 aromatic rings. The summed E-state index contributed by atoms with van der Waals surface area (Å²) >= 11 is 0. The summed E-state index contributed by atoms with van der Waals surface area (Å²) in [5, 5.41) is 0. The molecule has 2 heterocycles. The van der Waals surface area contributed by atoms with Gasteiger partial charge in [0.2, 0.25) is 21.8 Å². The van der Waals surface area contributed by atoms with E-state index in [1.807, 2.05) is 4.90 Å². The van der Waals surface area contributed by atoms with E-state index in [1.165, 1.54) is 51.1 Å². The number of hydrogen-bond donors (Lipinski definition) is 0. The first-order valence-electron chi connectivity index (χ1n) is 11.5. The lowest BCUT2D eigenvalue weighted by Gasteiger charge is -2.36. The minimum Gasteiger partial charge on any atom is -0.342 e. The van der Waals surface area contributed by atoms with Crippen molar-refractivity contribution < 1.29 is 22.8 Å². The molecule has 182 valence electrons. The van der Waals surface area contributed by atoms with Crippen molar-refractivity contribution >= 4 is 27.6 Å². The zero-order valence-corrected chi connectivity index (χ0v) is 20.3. The second-order valence-corrected chi connectivity index (χ2v) is 10.8. The van der Waals surface area contributed by atoms with Crippen LogP contribution in [0, 0.1) is 0 Å². The van der Waals surface area contributed by atoms with Crippen molar-refractivity contribution in [2.75, 3.05) is 59.4 Å². The fourth-order valence-electron chi connectivity index (χ4n) is 4.18. The monoisotopic (exact) mass is 478 g/mol. The molecule has 2 amide bonds. The number of piperazine rings is 1. The van der Waals surface area contributed by atoms with Crippen LogP contribution in [-0.2, 0) is 19.6 Å². The molecule has 9 nitrogen and oxygen atoms in total. The highest BCUT2D eigenvalue weighted by Gasteiger charge is 2.28. The van der Waals surface area contributed by atoms with Crippen molar-refractivity contribution in [1.82, 2.24) is 19.0 Å². The lowest BCUT2D eigenvalue weighted by atomic mass is 10.2. The number of hydrogen-bond acceptors (Lipinski definition) is 6. The van der Waals surface area contributed by atoms with Gasteiger partial charge in [0, 0.05) is 51.9 Å². The van der Waals surface area contributed by atoms with Gasteiger partial charge in [0.15, 0.2) is 5.78 Å². The van der Waals surface area contributed by atoms with Crippen LogP contribution in [0.4, 0.5) is 0 Å². The first-order chi connectivity index (χ1) is 15.7. The molecule has 0 bridgehead atoms. The summed E-state index contributed by atoms with van der Waals surface area (Å²) in [4.78, 5) is 42.4. The van der Waals surface area contributed by atoms with Crippen LogP contribution in [0.5, 0.6) is 0 Å². The van der Waals surface area contributed by atoms with Crippen molar-refractivity contribution in [3.05, 3.63) is 29.8 Å². The number of likely N-dealkylation sites (tertiary alicyclic amines) is 1. The van der Waals surface area contributed by atoms with Crippen LogP contribution in [0.3, 0.4) is 0 Å². The van der Waals surface area contributed by atoms with E-state index < -0.39 is 10.0 Å². The zero-order valence-electron chi connectivity index (χ0n) is 19.5. The third-order valence-electron chi connectivity index (χ3n) is 6.37. The maximum atomic E-state index is 12.8. The van der Waals surface area contributed by atoms with Gasteiger partial charge in [-0.1, -0.05) is 25.0 Å². The number of carbonyl (C=O) groups is 3. The summed E-state index contributed by atoms with van der Waals surface area (Å²) < 4.78 is 26.6. The highest BCUT2D eigenvalue weighted by atomic mass is 32.2. The van der Waals surface area contributed by atoms with Gasteiger partial charge in [-0.05, 0) is 31.9 Å². The predicted molar refractivity (Wildman–Crippen MR) is 124 cm³/mol. The normalized spacial score (nSPS) is 18.3.